The molecule has 3 heteroatoms. The number of thiol groups is 1. The molecule has 0 bridgehead atoms. The van der Waals surface area contributed by atoms with Gasteiger partial charge in [-0.15, -0.1) is 11.3 Å². The maximum Gasteiger partial charge on any atom is 0.133 e. The maximum atomic E-state index is 9.83. The molecule has 2 aromatic carbocycles. The van der Waals surface area contributed by atoms with Crippen molar-refractivity contribution in [2.24, 2.45) is 0 Å². The molecule has 0 aliphatic heterocycles. The Labute approximate surface area is 103 Å². The summed E-state index contributed by atoms with van der Waals surface area (Å²) >= 11 is 5.98. The SMILES string of the molecule is Oc1cccc2c1sc1c(CS)cccc12. The molecule has 1 heterocycles. The monoisotopic (exact) mass is 246 g/mol. The standard InChI is InChI=1S/C13H10OS2/c14-11-6-2-5-10-9-4-1-3-8(7-15)12(9)16-13(10)11/h1-6,14-15H,7H2. The van der Waals surface area contributed by atoms with Gasteiger partial charge in [-0.1, -0.05) is 30.3 Å². The molecule has 0 aliphatic rings. The van der Waals surface area contributed by atoms with Crippen molar-refractivity contribution in [2.75, 3.05) is 0 Å². The van der Waals surface area contributed by atoms with E-state index < -0.39 is 0 Å². The summed E-state index contributed by atoms with van der Waals surface area (Å²) in [5.41, 5.74) is 1.22. The molecule has 0 spiro atoms. The number of hydrogen-bond donors (Lipinski definition) is 2. The lowest BCUT2D eigenvalue weighted by Crippen LogP contribution is -1.75. The largest absolute Gasteiger partial charge is 0.506 e. The summed E-state index contributed by atoms with van der Waals surface area (Å²) in [4.78, 5) is 0. The van der Waals surface area contributed by atoms with E-state index in [1.165, 1.54) is 15.6 Å². The highest BCUT2D eigenvalue weighted by Crippen LogP contribution is 2.40. The van der Waals surface area contributed by atoms with Gasteiger partial charge in [0.25, 0.3) is 0 Å². The zero-order valence-electron chi connectivity index (χ0n) is 8.47. The zero-order chi connectivity index (χ0) is 11.1. The highest BCUT2D eigenvalue weighted by atomic mass is 32.1. The lowest BCUT2D eigenvalue weighted by molar-refractivity contribution is 0.482. The molecule has 1 aromatic heterocycles. The molecule has 0 saturated carbocycles. The molecule has 1 N–H and O–H groups in total. The summed E-state index contributed by atoms with van der Waals surface area (Å²) in [5, 5.41) is 12.2. The van der Waals surface area contributed by atoms with Gasteiger partial charge >= 0.3 is 0 Å². The predicted octanol–water partition coefficient (Wildman–Crippen LogP) is 4.19. The second-order valence-corrected chi connectivity index (χ2v) is 5.04. The first-order chi connectivity index (χ1) is 7.81. The van der Waals surface area contributed by atoms with Gasteiger partial charge in [-0.3, -0.25) is 0 Å². The van der Waals surface area contributed by atoms with Gasteiger partial charge in [0.1, 0.15) is 5.75 Å². The number of hydrogen-bond acceptors (Lipinski definition) is 3. The summed E-state index contributed by atoms with van der Waals surface area (Å²) in [6.07, 6.45) is 0. The summed E-state index contributed by atoms with van der Waals surface area (Å²) in [6.45, 7) is 0. The van der Waals surface area contributed by atoms with Gasteiger partial charge in [0.2, 0.25) is 0 Å². The number of phenolic OH excluding ortho intramolecular Hbond substituents is 1. The minimum atomic E-state index is 0.365. The van der Waals surface area contributed by atoms with Gasteiger partial charge in [0, 0.05) is 21.2 Å². The van der Waals surface area contributed by atoms with E-state index in [-0.39, 0.29) is 0 Å². The highest BCUT2D eigenvalue weighted by molar-refractivity contribution is 7.79. The minimum Gasteiger partial charge on any atom is -0.506 e. The summed E-state index contributed by atoms with van der Waals surface area (Å²) in [6, 6.07) is 11.9. The van der Waals surface area contributed by atoms with Gasteiger partial charge in [0.05, 0.1) is 4.70 Å². The fourth-order valence-electron chi connectivity index (χ4n) is 1.99. The number of aromatic hydroxyl groups is 1. The molecule has 3 rings (SSSR count). The number of thiophene rings is 1. The molecule has 0 unspecified atom stereocenters. The van der Waals surface area contributed by atoms with Crippen LogP contribution in [0.15, 0.2) is 36.4 Å². The van der Waals surface area contributed by atoms with E-state index in [0.717, 1.165) is 15.8 Å². The molecular weight excluding hydrogens is 236 g/mol. The Hall–Kier alpha value is -1.19. The van der Waals surface area contributed by atoms with Crippen LogP contribution in [0.25, 0.3) is 20.2 Å². The van der Waals surface area contributed by atoms with Crippen molar-refractivity contribution in [1.82, 2.24) is 0 Å². The second kappa shape index (κ2) is 3.68. The Morgan fingerprint density at radius 1 is 1.00 bits per heavy atom. The Balaban J connectivity index is 2.55. The normalized spacial score (nSPS) is 11.3. The quantitative estimate of drug-likeness (QED) is 0.617. The van der Waals surface area contributed by atoms with Gasteiger partial charge in [-0.25, -0.2) is 0 Å². The smallest absolute Gasteiger partial charge is 0.133 e. The Morgan fingerprint density at radius 2 is 1.69 bits per heavy atom. The topological polar surface area (TPSA) is 20.2 Å². The van der Waals surface area contributed by atoms with E-state index >= 15 is 0 Å². The first-order valence-corrected chi connectivity index (χ1v) is 6.49. The summed E-state index contributed by atoms with van der Waals surface area (Å²) in [5.74, 6) is 1.09. The first-order valence-electron chi connectivity index (χ1n) is 5.04. The third kappa shape index (κ3) is 1.32. The lowest BCUT2D eigenvalue weighted by Gasteiger charge is -1.97. The van der Waals surface area contributed by atoms with Crippen LogP contribution in [-0.4, -0.2) is 5.11 Å². The van der Waals surface area contributed by atoms with E-state index in [1.807, 2.05) is 12.1 Å². The third-order valence-electron chi connectivity index (χ3n) is 2.76. The third-order valence-corrected chi connectivity index (χ3v) is 4.42. The molecule has 16 heavy (non-hydrogen) atoms. The van der Waals surface area contributed by atoms with Crippen molar-refractivity contribution in [3.05, 3.63) is 42.0 Å². The van der Waals surface area contributed by atoms with Crippen LogP contribution >= 0.6 is 24.0 Å². The maximum absolute atomic E-state index is 9.83. The van der Waals surface area contributed by atoms with Crippen LogP contribution in [-0.2, 0) is 5.75 Å². The Morgan fingerprint density at radius 3 is 2.44 bits per heavy atom. The number of rotatable bonds is 1. The second-order valence-electron chi connectivity index (χ2n) is 3.71. The van der Waals surface area contributed by atoms with Crippen LogP contribution in [0.3, 0.4) is 0 Å². The van der Waals surface area contributed by atoms with Gasteiger partial charge in [0.15, 0.2) is 0 Å². The van der Waals surface area contributed by atoms with E-state index in [4.69, 9.17) is 0 Å². The molecule has 0 aliphatic carbocycles. The van der Waals surface area contributed by atoms with Gasteiger partial charge in [-0.05, 0) is 11.6 Å². The van der Waals surface area contributed by atoms with E-state index in [2.05, 4.69) is 30.8 Å². The molecular formula is C13H10OS2. The average Bonchev–Trinajstić information content (AvgIpc) is 2.69. The van der Waals surface area contributed by atoms with E-state index in [1.54, 1.807) is 17.4 Å². The van der Waals surface area contributed by atoms with Crippen LogP contribution < -0.4 is 0 Å². The van der Waals surface area contributed by atoms with Crippen LogP contribution in [0, 0.1) is 0 Å². The Kier molecular flexibility index (Phi) is 2.30. The minimum absolute atomic E-state index is 0.365. The molecule has 3 aromatic rings. The molecule has 0 amide bonds. The molecule has 1 nitrogen and oxygen atoms in total. The van der Waals surface area contributed by atoms with Crippen molar-refractivity contribution in [3.63, 3.8) is 0 Å². The van der Waals surface area contributed by atoms with Crippen molar-refractivity contribution < 1.29 is 5.11 Å². The average molecular weight is 246 g/mol. The number of phenols is 1. The Bertz CT molecular complexity index is 670. The van der Waals surface area contributed by atoms with Crippen molar-refractivity contribution in [3.8, 4) is 5.75 Å². The fraction of sp³-hybridized carbons (Fsp3) is 0.0769. The van der Waals surface area contributed by atoms with Crippen LogP contribution in [0.5, 0.6) is 5.75 Å². The molecule has 0 fully saturated rings. The summed E-state index contributed by atoms with van der Waals surface area (Å²) < 4.78 is 2.20. The molecule has 0 saturated heterocycles. The van der Waals surface area contributed by atoms with Crippen LogP contribution in [0.1, 0.15) is 5.56 Å². The van der Waals surface area contributed by atoms with E-state index in [0.29, 0.717) is 5.75 Å². The molecule has 0 radical (unpaired) electrons. The van der Waals surface area contributed by atoms with Crippen LogP contribution in [0.2, 0.25) is 0 Å². The number of benzene rings is 2. The van der Waals surface area contributed by atoms with Crippen molar-refractivity contribution in [1.29, 1.82) is 0 Å². The zero-order valence-corrected chi connectivity index (χ0v) is 10.2. The molecule has 80 valence electrons. The fourth-order valence-corrected chi connectivity index (χ4v) is 3.58. The van der Waals surface area contributed by atoms with Gasteiger partial charge in [-0.2, -0.15) is 12.6 Å². The lowest BCUT2D eigenvalue weighted by atomic mass is 10.1. The first kappa shape index (κ1) is 10.00. The van der Waals surface area contributed by atoms with Crippen molar-refractivity contribution in [2.45, 2.75) is 5.75 Å². The van der Waals surface area contributed by atoms with Crippen LogP contribution in [0.4, 0.5) is 0 Å². The summed E-state index contributed by atoms with van der Waals surface area (Å²) in [7, 11) is 0. The van der Waals surface area contributed by atoms with E-state index in [9.17, 15) is 5.11 Å². The van der Waals surface area contributed by atoms with Gasteiger partial charge < -0.3 is 5.11 Å². The number of fused-ring (bicyclic) bond motifs is 3. The van der Waals surface area contributed by atoms with Crippen molar-refractivity contribution >= 4 is 44.1 Å². The predicted molar refractivity (Wildman–Crippen MR) is 73.7 cm³/mol. The molecule has 0 atom stereocenters. The highest BCUT2D eigenvalue weighted by Gasteiger charge is 2.09.